The third-order valence-electron chi connectivity index (χ3n) is 3.57. The molecule has 1 atom stereocenters. The molecule has 0 aromatic heterocycles. The second kappa shape index (κ2) is 6.57. The second-order valence-corrected chi connectivity index (χ2v) is 4.88. The predicted molar refractivity (Wildman–Crippen MR) is 76.7 cm³/mol. The number of nitrogens with zero attached hydrogens (tertiary/aromatic N) is 1. The van der Waals surface area contributed by atoms with Crippen LogP contribution in [0.5, 0.6) is 0 Å². The molecule has 0 bridgehead atoms. The maximum Gasteiger partial charge on any atom is 0.337 e. The van der Waals surface area contributed by atoms with Gasteiger partial charge in [-0.2, -0.15) is 0 Å². The highest BCUT2D eigenvalue weighted by Gasteiger charge is 2.22. The van der Waals surface area contributed by atoms with Crippen molar-refractivity contribution in [3.05, 3.63) is 29.8 Å². The van der Waals surface area contributed by atoms with E-state index in [0.29, 0.717) is 11.6 Å². The summed E-state index contributed by atoms with van der Waals surface area (Å²) in [6, 6.07) is 8.23. The maximum atomic E-state index is 11.6. The number of carbonyl (C=O) groups is 1. The molecule has 0 aliphatic carbocycles. The SMILES string of the molecule is CCCC1CNCCN1c1cccc(C(=O)OC)c1. The van der Waals surface area contributed by atoms with Crippen molar-refractivity contribution in [2.45, 2.75) is 25.8 Å². The number of piperazine rings is 1. The molecule has 1 fully saturated rings. The Morgan fingerprint density at radius 3 is 3.11 bits per heavy atom. The first kappa shape index (κ1) is 13.9. The van der Waals surface area contributed by atoms with Gasteiger partial charge in [-0.1, -0.05) is 19.4 Å². The van der Waals surface area contributed by atoms with Crippen molar-refractivity contribution < 1.29 is 9.53 Å². The summed E-state index contributed by atoms with van der Waals surface area (Å²) < 4.78 is 4.78. The molecule has 2 rings (SSSR count). The van der Waals surface area contributed by atoms with E-state index >= 15 is 0 Å². The molecule has 0 radical (unpaired) electrons. The molecule has 104 valence electrons. The summed E-state index contributed by atoms with van der Waals surface area (Å²) in [6.45, 7) is 5.19. The van der Waals surface area contributed by atoms with Crippen LogP contribution in [0.25, 0.3) is 0 Å². The van der Waals surface area contributed by atoms with Gasteiger partial charge in [0.15, 0.2) is 0 Å². The number of esters is 1. The van der Waals surface area contributed by atoms with Gasteiger partial charge in [0.05, 0.1) is 12.7 Å². The normalized spacial score (nSPS) is 19.3. The summed E-state index contributed by atoms with van der Waals surface area (Å²) >= 11 is 0. The van der Waals surface area contributed by atoms with Gasteiger partial charge in [-0.3, -0.25) is 0 Å². The van der Waals surface area contributed by atoms with E-state index in [1.807, 2.05) is 12.1 Å². The molecular weight excluding hydrogens is 240 g/mol. The lowest BCUT2D eigenvalue weighted by Crippen LogP contribution is -2.51. The fourth-order valence-corrected chi connectivity index (χ4v) is 2.62. The summed E-state index contributed by atoms with van der Waals surface area (Å²) in [7, 11) is 1.42. The summed E-state index contributed by atoms with van der Waals surface area (Å²) in [5, 5.41) is 3.43. The zero-order chi connectivity index (χ0) is 13.7. The predicted octanol–water partition coefficient (Wildman–Crippen LogP) is 2.05. The monoisotopic (exact) mass is 262 g/mol. The third-order valence-corrected chi connectivity index (χ3v) is 3.57. The standard InChI is InChI=1S/C15H22N2O2/c1-3-5-14-11-16-8-9-17(14)13-7-4-6-12(10-13)15(18)19-2/h4,6-7,10,14,16H,3,5,8-9,11H2,1-2H3. The maximum absolute atomic E-state index is 11.6. The first-order valence-corrected chi connectivity index (χ1v) is 6.92. The summed E-state index contributed by atoms with van der Waals surface area (Å²) in [5.41, 5.74) is 1.73. The molecule has 19 heavy (non-hydrogen) atoms. The van der Waals surface area contributed by atoms with Crippen LogP contribution in [0, 0.1) is 0 Å². The summed E-state index contributed by atoms with van der Waals surface area (Å²) in [5.74, 6) is -0.274. The van der Waals surface area contributed by atoms with Gasteiger partial charge in [0, 0.05) is 31.4 Å². The number of carbonyl (C=O) groups excluding carboxylic acids is 1. The number of anilines is 1. The fourth-order valence-electron chi connectivity index (χ4n) is 2.62. The number of ether oxygens (including phenoxy) is 1. The van der Waals surface area contributed by atoms with Crippen LogP contribution in [0.1, 0.15) is 30.1 Å². The molecule has 1 heterocycles. The van der Waals surface area contributed by atoms with Crippen molar-refractivity contribution in [2.75, 3.05) is 31.6 Å². The Labute approximate surface area is 114 Å². The molecule has 1 aliphatic rings. The lowest BCUT2D eigenvalue weighted by molar-refractivity contribution is 0.0601. The van der Waals surface area contributed by atoms with Crippen LogP contribution >= 0.6 is 0 Å². The van der Waals surface area contributed by atoms with Crippen molar-refractivity contribution in [1.82, 2.24) is 5.32 Å². The Kier molecular flexibility index (Phi) is 4.80. The molecule has 1 N–H and O–H groups in total. The van der Waals surface area contributed by atoms with Gasteiger partial charge in [-0.25, -0.2) is 4.79 Å². The van der Waals surface area contributed by atoms with Crippen LogP contribution in [0.2, 0.25) is 0 Å². The number of benzene rings is 1. The van der Waals surface area contributed by atoms with Crippen LogP contribution < -0.4 is 10.2 Å². The van der Waals surface area contributed by atoms with Gasteiger partial charge < -0.3 is 15.0 Å². The smallest absolute Gasteiger partial charge is 0.337 e. The number of nitrogens with one attached hydrogen (secondary N) is 1. The molecule has 4 heteroatoms. The van der Waals surface area contributed by atoms with Gasteiger partial charge in [-0.15, -0.1) is 0 Å². The van der Waals surface area contributed by atoms with E-state index in [1.54, 1.807) is 6.07 Å². The van der Waals surface area contributed by atoms with Gasteiger partial charge in [0.25, 0.3) is 0 Å². The van der Waals surface area contributed by atoms with Crippen LogP contribution in [0.15, 0.2) is 24.3 Å². The molecule has 1 unspecified atom stereocenters. The van der Waals surface area contributed by atoms with E-state index in [2.05, 4.69) is 23.2 Å². The average molecular weight is 262 g/mol. The van der Waals surface area contributed by atoms with Gasteiger partial charge in [0.2, 0.25) is 0 Å². The minimum absolute atomic E-state index is 0.274. The van der Waals surface area contributed by atoms with E-state index in [-0.39, 0.29) is 5.97 Å². The van der Waals surface area contributed by atoms with Crippen LogP contribution in [-0.4, -0.2) is 38.8 Å². The Bertz CT molecular complexity index is 432. The van der Waals surface area contributed by atoms with Crippen molar-refractivity contribution in [2.24, 2.45) is 0 Å². The summed E-state index contributed by atoms with van der Waals surface area (Å²) in [6.07, 6.45) is 2.33. The Morgan fingerprint density at radius 2 is 2.37 bits per heavy atom. The minimum atomic E-state index is -0.274. The van der Waals surface area contributed by atoms with Crippen molar-refractivity contribution in [3.8, 4) is 0 Å². The first-order chi connectivity index (χ1) is 9.26. The number of hydrogen-bond donors (Lipinski definition) is 1. The van der Waals surface area contributed by atoms with E-state index in [1.165, 1.54) is 13.5 Å². The van der Waals surface area contributed by atoms with Gasteiger partial charge >= 0.3 is 5.97 Å². The fraction of sp³-hybridized carbons (Fsp3) is 0.533. The third kappa shape index (κ3) is 3.26. The molecule has 1 aliphatic heterocycles. The zero-order valence-corrected chi connectivity index (χ0v) is 11.7. The second-order valence-electron chi connectivity index (χ2n) is 4.88. The lowest BCUT2D eigenvalue weighted by Gasteiger charge is -2.38. The van der Waals surface area contributed by atoms with Crippen molar-refractivity contribution in [1.29, 1.82) is 0 Å². The highest BCUT2D eigenvalue weighted by molar-refractivity contribution is 5.90. The first-order valence-electron chi connectivity index (χ1n) is 6.92. The molecule has 1 aromatic carbocycles. The topological polar surface area (TPSA) is 41.6 Å². The van der Waals surface area contributed by atoms with E-state index < -0.39 is 0 Å². The molecule has 0 spiro atoms. The van der Waals surface area contributed by atoms with E-state index in [4.69, 9.17) is 4.74 Å². The number of methoxy groups -OCH3 is 1. The summed E-state index contributed by atoms with van der Waals surface area (Å²) in [4.78, 5) is 14.0. The lowest BCUT2D eigenvalue weighted by atomic mass is 10.1. The van der Waals surface area contributed by atoms with E-state index in [0.717, 1.165) is 31.7 Å². The van der Waals surface area contributed by atoms with Crippen molar-refractivity contribution >= 4 is 11.7 Å². The molecular formula is C15H22N2O2. The molecule has 0 saturated carbocycles. The number of hydrogen-bond acceptors (Lipinski definition) is 4. The highest BCUT2D eigenvalue weighted by atomic mass is 16.5. The van der Waals surface area contributed by atoms with Crippen LogP contribution in [-0.2, 0) is 4.74 Å². The molecule has 1 saturated heterocycles. The minimum Gasteiger partial charge on any atom is -0.465 e. The number of rotatable bonds is 4. The van der Waals surface area contributed by atoms with E-state index in [9.17, 15) is 4.79 Å². The molecule has 0 amide bonds. The van der Waals surface area contributed by atoms with Crippen LogP contribution in [0.3, 0.4) is 0 Å². The Morgan fingerprint density at radius 1 is 1.53 bits per heavy atom. The Balaban J connectivity index is 2.21. The quantitative estimate of drug-likeness (QED) is 0.843. The van der Waals surface area contributed by atoms with Crippen LogP contribution in [0.4, 0.5) is 5.69 Å². The largest absolute Gasteiger partial charge is 0.465 e. The molecule has 4 nitrogen and oxygen atoms in total. The van der Waals surface area contributed by atoms with Crippen molar-refractivity contribution in [3.63, 3.8) is 0 Å². The average Bonchev–Trinajstić information content (AvgIpc) is 2.47. The van der Waals surface area contributed by atoms with Gasteiger partial charge in [-0.05, 0) is 24.6 Å². The Hall–Kier alpha value is -1.55. The zero-order valence-electron chi connectivity index (χ0n) is 11.7. The highest BCUT2D eigenvalue weighted by Crippen LogP contribution is 2.22. The van der Waals surface area contributed by atoms with Gasteiger partial charge in [0.1, 0.15) is 0 Å². The molecule has 1 aromatic rings.